The molecule has 0 radical (unpaired) electrons. The van der Waals surface area contributed by atoms with Crippen LogP contribution in [-0.2, 0) is 0 Å². The predicted octanol–water partition coefficient (Wildman–Crippen LogP) is 3.96. The summed E-state index contributed by atoms with van der Waals surface area (Å²) >= 11 is 5.85. The zero-order valence-corrected chi connectivity index (χ0v) is 11.9. The molecule has 2 aromatic carbocycles. The molecule has 1 N–H and O–H groups in total. The average molecular weight is 310 g/mol. The number of hydrogen-bond donors (Lipinski definition) is 1. The van der Waals surface area contributed by atoms with Crippen LogP contribution < -0.4 is 10.1 Å². The Kier molecular flexibility index (Phi) is 4.08. The first kappa shape index (κ1) is 14.3. The van der Waals surface area contributed by atoms with Crippen molar-refractivity contribution < 1.29 is 13.5 Å². The molecule has 0 spiro atoms. The Hall–Kier alpha value is -1.65. The quantitative estimate of drug-likeness (QED) is 0.923. The van der Waals surface area contributed by atoms with Crippen molar-refractivity contribution in [3.63, 3.8) is 0 Å². The van der Waals surface area contributed by atoms with Gasteiger partial charge in [0.2, 0.25) is 0 Å². The molecule has 0 amide bonds. The van der Waals surface area contributed by atoms with E-state index < -0.39 is 5.82 Å². The fourth-order valence-electron chi connectivity index (χ4n) is 2.34. The summed E-state index contributed by atoms with van der Waals surface area (Å²) in [5.41, 5.74) is 0.789. The molecule has 1 fully saturated rings. The van der Waals surface area contributed by atoms with Crippen LogP contribution in [-0.4, -0.2) is 13.1 Å². The highest BCUT2D eigenvalue weighted by Crippen LogP contribution is 2.32. The summed E-state index contributed by atoms with van der Waals surface area (Å²) in [5, 5.41) is 3.24. The van der Waals surface area contributed by atoms with Gasteiger partial charge in [-0.3, -0.25) is 0 Å². The lowest BCUT2D eigenvalue weighted by Crippen LogP contribution is -2.46. The third kappa shape index (κ3) is 3.17. The van der Waals surface area contributed by atoms with Crippen molar-refractivity contribution in [1.29, 1.82) is 0 Å². The molecule has 3 rings (SSSR count). The molecule has 1 saturated heterocycles. The highest BCUT2D eigenvalue weighted by atomic mass is 35.5. The van der Waals surface area contributed by atoms with Crippen LogP contribution in [0.2, 0.25) is 5.02 Å². The number of benzene rings is 2. The van der Waals surface area contributed by atoms with Crippen molar-refractivity contribution in [2.45, 2.75) is 6.10 Å². The topological polar surface area (TPSA) is 21.3 Å². The first-order valence-electron chi connectivity index (χ1n) is 6.71. The van der Waals surface area contributed by atoms with E-state index in [1.165, 1.54) is 18.2 Å². The van der Waals surface area contributed by atoms with Gasteiger partial charge in [-0.2, -0.15) is 0 Å². The highest BCUT2D eigenvalue weighted by molar-refractivity contribution is 6.30. The molecule has 5 heteroatoms. The van der Waals surface area contributed by atoms with Crippen LogP contribution in [0.15, 0.2) is 42.5 Å². The summed E-state index contributed by atoms with van der Waals surface area (Å²) in [4.78, 5) is 0. The number of nitrogens with one attached hydrogen (secondary N) is 1. The number of halogens is 3. The van der Waals surface area contributed by atoms with Gasteiger partial charge in [-0.15, -0.1) is 0 Å². The van der Waals surface area contributed by atoms with Gasteiger partial charge in [-0.1, -0.05) is 23.7 Å². The van der Waals surface area contributed by atoms with Crippen molar-refractivity contribution in [2.24, 2.45) is 5.92 Å². The number of hydrogen-bond acceptors (Lipinski definition) is 2. The summed E-state index contributed by atoms with van der Waals surface area (Å²) in [6.45, 7) is 1.60. The molecule has 2 aromatic rings. The minimum absolute atomic E-state index is 0.0626. The lowest BCUT2D eigenvalue weighted by atomic mass is 9.91. The molecule has 0 bridgehead atoms. The second-order valence-corrected chi connectivity index (χ2v) is 5.49. The Labute approximate surface area is 126 Å². The van der Waals surface area contributed by atoms with Crippen molar-refractivity contribution in [1.82, 2.24) is 5.32 Å². The molecule has 1 unspecified atom stereocenters. The van der Waals surface area contributed by atoms with E-state index in [1.54, 1.807) is 24.3 Å². The van der Waals surface area contributed by atoms with Crippen molar-refractivity contribution in [3.8, 4) is 5.75 Å². The Morgan fingerprint density at radius 1 is 1.14 bits per heavy atom. The molecule has 110 valence electrons. The van der Waals surface area contributed by atoms with E-state index in [4.69, 9.17) is 16.3 Å². The van der Waals surface area contributed by atoms with E-state index in [2.05, 4.69) is 5.32 Å². The fourth-order valence-corrected chi connectivity index (χ4v) is 2.53. The van der Waals surface area contributed by atoms with Gasteiger partial charge in [0.15, 0.2) is 0 Å². The van der Waals surface area contributed by atoms with Gasteiger partial charge in [0.25, 0.3) is 0 Å². The van der Waals surface area contributed by atoms with Crippen molar-refractivity contribution >= 4 is 11.6 Å². The summed E-state index contributed by atoms with van der Waals surface area (Å²) in [7, 11) is 0. The molecule has 0 aromatic heterocycles. The van der Waals surface area contributed by atoms with Gasteiger partial charge in [-0.05, 0) is 29.8 Å². The second-order valence-electron chi connectivity index (χ2n) is 5.09. The Balaban J connectivity index is 1.88. The summed E-state index contributed by atoms with van der Waals surface area (Å²) in [5.74, 6) is -0.117. The monoisotopic (exact) mass is 309 g/mol. The van der Waals surface area contributed by atoms with E-state index in [0.29, 0.717) is 5.75 Å². The molecule has 1 heterocycles. The van der Waals surface area contributed by atoms with Crippen LogP contribution in [0.4, 0.5) is 8.78 Å². The lowest BCUT2D eigenvalue weighted by Gasteiger charge is -2.35. The molecule has 0 aliphatic carbocycles. The molecule has 1 aliphatic heterocycles. The third-order valence-electron chi connectivity index (χ3n) is 3.57. The minimum Gasteiger partial charge on any atom is -0.485 e. The van der Waals surface area contributed by atoms with E-state index >= 15 is 0 Å². The van der Waals surface area contributed by atoms with Gasteiger partial charge >= 0.3 is 0 Å². The molecule has 1 atom stereocenters. The predicted molar refractivity (Wildman–Crippen MR) is 77.5 cm³/mol. The molecule has 1 aliphatic rings. The largest absolute Gasteiger partial charge is 0.485 e. The summed E-state index contributed by atoms with van der Waals surface area (Å²) < 4.78 is 32.5. The summed E-state index contributed by atoms with van der Waals surface area (Å²) in [6.07, 6.45) is -0.286. The van der Waals surface area contributed by atoms with Gasteiger partial charge in [0.05, 0.1) is 5.02 Å². The van der Waals surface area contributed by atoms with Gasteiger partial charge in [0.1, 0.15) is 23.5 Å². The Morgan fingerprint density at radius 3 is 2.57 bits per heavy atom. The number of ether oxygens (including phenoxy) is 1. The zero-order valence-electron chi connectivity index (χ0n) is 11.2. The first-order chi connectivity index (χ1) is 10.1. The first-order valence-corrected chi connectivity index (χ1v) is 7.09. The van der Waals surface area contributed by atoms with E-state index in [0.717, 1.165) is 18.7 Å². The molecule has 2 nitrogen and oxygen atoms in total. The van der Waals surface area contributed by atoms with Crippen LogP contribution in [0.3, 0.4) is 0 Å². The second kappa shape index (κ2) is 6.00. The normalized spacial score (nSPS) is 16.3. The third-order valence-corrected chi connectivity index (χ3v) is 3.86. The standard InChI is InChI=1S/C16H14ClF2NO/c17-14-6-10(4-5-15(14)19)16(11-8-20-9-11)21-13-3-1-2-12(18)7-13/h1-7,11,16,20H,8-9H2. The van der Waals surface area contributed by atoms with Crippen LogP contribution in [0.25, 0.3) is 0 Å². The van der Waals surface area contributed by atoms with Crippen molar-refractivity contribution in [3.05, 3.63) is 64.7 Å². The van der Waals surface area contributed by atoms with Crippen LogP contribution >= 0.6 is 11.6 Å². The maximum Gasteiger partial charge on any atom is 0.141 e. The molecule has 0 saturated carbocycles. The van der Waals surface area contributed by atoms with Crippen LogP contribution in [0, 0.1) is 17.6 Å². The van der Waals surface area contributed by atoms with Gasteiger partial charge in [0, 0.05) is 25.1 Å². The van der Waals surface area contributed by atoms with Gasteiger partial charge in [-0.25, -0.2) is 8.78 Å². The fraction of sp³-hybridized carbons (Fsp3) is 0.250. The molecular formula is C16H14ClF2NO. The number of rotatable bonds is 4. The zero-order chi connectivity index (χ0) is 14.8. The average Bonchev–Trinajstić information content (AvgIpc) is 2.39. The van der Waals surface area contributed by atoms with E-state index in [-0.39, 0.29) is 22.9 Å². The Morgan fingerprint density at radius 2 is 1.95 bits per heavy atom. The minimum atomic E-state index is -0.461. The Bertz CT molecular complexity index is 646. The maximum absolute atomic E-state index is 13.3. The smallest absolute Gasteiger partial charge is 0.141 e. The van der Waals surface area contributed by atoms with Crippen LogP contribution in [0.1, 0.15) is 11.7 Å². The van der Waals surface area contributed by atoms with E-state index in [9.17, 15) is 8.78 Å². The SMILES string of the molecule is Fc1cccc(OC(c2ccc(F)c(Cl)c2)C2CNC2)c1. The maximum atomic E-state index is 13.3. The highest BCUT2D eigenvalue weighted by Gasteiger charge is 2.30. The van der Waals surface area contributed by atoms with Crippen molar-refractivity contribution in [2.75, 3.05) is 13.1 Å². The van der Waals surface area contributed by atoms with E-state index in [1.807, 2.05) is 0 Å². The molecule has 21 heavy (non-hydrogen) atoms. The molecular weight excluding hydrogens is 296 g/mol. The summed E-state index contributed by atoms with van der Waals surface area (Å²) in [6, 6.07) is 10.5. The van der Waals surface area contributed by atoms with Crippen LogP contribution in [0.5, 0.6) is 5.75 Å². The lowest BCUT2D eigenvalue weighted by molar-refractivity contribution is 0.0989. The van der Waals surface area contributed by atoms with Gasteiger partial charge < -0.3 is 10.1 Å².